The molecule has 1 rings (SSSR count). The van der Waals surface area contributed by atoms with E-state index in [1.807, 2.05) is 43.3 Å². The van der Waals surface area contributed by atoms with E-state index in [1.54, 1.807) is 0 Å². The van der Waals surface area contributed by atoms with Crippen LogP contribution in [0.25, 0.3) is 0 Å². The Balaban J connectivity index is 3.12. The highest BCUT2D eigenvalue weighted by atomic mass is 14.4. The summed E-state index contributed by atoms with van der Waals surface area (Å²) in [5.41, 5.74) is 0.702. The van der Waals surface area contributed by atoms with E-state index in [4.69, 9.17) is 0 Å². The lowest BCUT2D eigenvalue weighted by Gasteiger charge is -2.23. The van der Waals surface area contributed by atoms with Crippen LogP contribution < -0.4 is 0 Å². The van der Waals surface area contributed by atoms with Gasteiger partial charge in [0.2, 0.25) is 0 Å². The third kappa shape index (κ3) is 1.85. The number of hydrogen-bond donors (Lipinski definition) is 0. The summed E-state index contributed by atoms with van der Waals surface area (Å²) in [5.74, 6) is 0. The van der Waals surface area contributed by atoms with E-state index < -0.39 is 0 Å². The second-order valence-corrected chi connectivity index (χ2v) is 3.41. The fourth-order valence-electron chi connectivity index (χ4n) is 1.66. The van der Waals surface area contributed by atoms with Crippen molar-refractivity contribution in [3.63, 3.8) is 0 Å². The zero-order valence-electron chi connectivity index (χ0n) is 8.53. The molecule has 0 fully saturated rings. The normalized spacial score (nSPS) is 14.0. The molecule has 0 heterocycles. The molecule has 1 aromatic rings. The molecular weight excluding hydrogens is 170 g/mol. The van der Waals surface area contributed by atoms with Crippen LogP contribution in [0.2, 0.25) is 0 Å². The van der Waals surface area contributed by atoms with Gasteiger partial charge in [0.25, 0.3) is 0 Å². The first-order chi connectivity index (χ1) is 6.79. The average Bonchev–Trinajstić information content (AvgIpc) is 2.27. The van der Waals surface area contributed by atoms with Crippen molar-refractivity contribution >= 4 is 0 Å². The molecule has 0 aliphatic rings. The number of hydrogen-bond acceptors (Lipinski definition) is 1. The molecule has 0 radical (unpaired) electrons. The first kappa shape index (κ1) is 10.5. The Bertz CT molecular complexity index is 334. The summed E-state index contributed by atoms with van der Waals surface area (Å²) in [6.07, 6.45) is 3.35. The van der Waals surface area contributed by atoms with Crippen molar-refractivity contribution in [2.75, 3.05) is 0 Å². The Hall–Kier alpha value is -1.55. The lowest BCUT2D eigenvalue weighted by atomic mass is 9.77. The first-order valence-corrected chi connectivity index (χ1v) is 4.87. The zero-order valence-corrected chi connectivity index (χ0v) is 8.53. The fraction of sp³-hybridized carbons (Fsp3) is 0.308. The second-order valence-electron chi connectivity index (χ2n) is 3.41. The van der Waals surface area contributed by atoms with Gasteiger partial charge >= 0.3 is 0 Å². The molecule has 0 N–H and O–H groups in total. The van der Waals surface area contributed by atoms with Gasteiger partial charge < -0.3 is 0 Å². The smallest absolute Gasteiger partial charge is 0.0853 e. The minimum absolute atomic E-state index is 0.386. The summed E-state index contributed by atoms with van der Waals surface area (Å²) in [5, 5.41) is 9.26. The summed E-state index contributed by atoms with van der Waals surface area (Å²) >= 11 is 0. The minimum Gasteiger partial charge on any atom is -0.197 e. The summed E-state index contributed by atoms with van der Waals surface area (Å²) in [4.78, 5) is 0. The largest absolute Gasteiger partial charge is 0.197 e. The van der Waals surface area contributed by atoms with Crippen LogP contribution >= 0.6 is 0 Å². The van der Waals surface area contributed by atoms with Crippen molar-refractivity contribution in [3.05, 3.63) is 48.6 Å². The van der Waals surface area contributed by atoms with Crippen molar-refractivity contribution in [3.8, 4) is 6.07 Å². The molecule has 1 aromatic carbocycles. The minimum atomic E-state index is -0.386. The molecule has 0 spiro atoms. The molecule has 0 amide bonds. The van der Waals surface area contributed by atoms with Crippen molar-refractivity contribution in [1.82, 2.24) is 0 Å². The van der Waals surface area contributed by atoms with E-state index in [0.717, 1.165) is 12.0 Å². The van der Waals surface area contributed by atoms with Crippen LogP contribution in [0, 0.1) is 11.3 Å². The molecule has 0 saturated heterocycles. The summed E-state index contributed by atoms with van der Waals surface area (Å²) < 4.78 is 0. The third-order valence-electron chi connectivity index (χ3n) is 2.64. The standard InChI is InChI=1S/C13H15N/c1-3-10-13(4-2,11-14)12-8-6-5-7-9-12/h3,5-9H,1,4,10H2,2H3. The molecule has 1 atom stereocenters. The summed E-state index contributed by atoms with van der Waals surface area (Å²) in [6, 6.07) is 12.3. The Labute approximate surface area is 85.7 Å². The fourth-order valence-corrected chi connectivity index (χ4v) is 1.66. The van der Waals surface area contributed by atoms with Gasteiger partial charge in [-0.3, -0.25) is 0 Å². The van der Waals surface area contributed by atoms with Crippen molar-refractivity contribution in [2.24, 2.45) is 0 Å². The molecule has 1 unspecified atom stereocenters. The van der Waals surface area contributed by atoms with Gasteiger partial charge in [-0.2, -0.15) is 5.26 Å². The van der Waals surface area contributed by atoms with E-state index in [0.29, 0.717) is 6.42 Å². The van der Waals surface area contributed by atoms with Gasteiger partial charge in [-0.25, -0.2) is 0 Å². The number of rotatable bonds is 4. The lowest BCUT2D eigenvalue weighted by molar-refractivity contribution is 0.537. The number of allylic oxidation sites excluding steroid dienone is 1. The average molecular weight is 185 g/mol. The van der Waals surface area contributed by atoms with Crippen LogP contribution in [0.15, 0.2) is 43.0 Å². The Morgan fingerprint density at radius 2 is 2.07 bits per heavy atom. The lowest BCUT2D eigenvalue weighted by Crippen LogP contribution is -2.21. The van der Waals surface area contributed by atoms with Crippen molar-refractivity contribution < 1.29 is 0 Å². The van der Waals surface area contributed by atoms with Crippen molar-refractivity contribution in [1.29, 1.82) is 5.26 Å². The van der Waals surface area contributed by atoms with Gasteiger partial charge in [0.05, 0.1) is 11.5 Å². The Morgan fingerprint density at radius 3 is 2.50 bits per heavy atom. The van der Waals surface area contributed by atoms with E-state index in [1.165, 1.54) is 0 Å². The Morgan fingerprint density at radius 1 is 1.43 bits per heavy atom. The van der Waals surface area contributed by atoms with E-state index in [-0.39, 0.29) is 5.41 Å². The maximum Gasteiger partial charge on any atom is 0.0853 e. The highest BCUT2D eigenvalue weighted by Gasteiger charge is 2.28. The molecule has 14 heavy (non-hydrogen) atoms. The van der Waals surface area contributed by atoms with Crippen LogP contribution in [0.3, 0.4) is 0 Å². The first-order valence-electron chi connectivity index (χ1n) is 4.87. The molecule has 72 valence electrons. The Kier molecular flexibility index (Phi) is 3.48. The van der Waals surface area contributed by atoms with Gasteiger partial charge in [-0.1, -0.05) is 43.3 Å². The van der Waals surface area contributed by atoms with E-state index in [9.17, 15) is 5.26 Å². The second kappa shape index (κ2) is 4.62. The summed E-state index contributed by atoms with van der Waals surface area (Å²) in [7, 11) is 0. The van der Waals surface area contributed by atoms with Crippen LogP contribution in [0.5, 0.6) is 0 Å². The number of nitrogens with zero attached hydrogens (tertiary/aromatic N) is 1. The van der Waals surface area contributed by atoms with Crippen LogP contribution in [0.1, 0.15) is 25.3 Å². The molecule has 0 saturated carbocycles. The summed E-state index contributed by atoms with van der Waals surface area (Å²) in [6.45, 7) is 5.76. The molecule has 1 nitrogen and oxygen atoms in total. The highest BCUT2D eigenvalue weighted by Crippen LogP contribution is 2.30. The van der Waals surface area contributed by atoms with Gasteiger partial charge in [-0.05, 0) is 18.4 Å². The molecule has 1 heteroatoms. The van der Waals surface area contributed by atoms with E-state index >= 15 is 0 Å². The molecule has 0 aliphatic heterocycles. The molecule has 0 bridgehead atoms. The quantitative estimate of drug-likeness (QED) is 0.659. The third-order valence-corrected chi connectivity index (χ3v) is 2.64. The van der Waals surface area contributed by atoms with E-state index in [2.05, 4.69) is 12.6 Å². The van der Waals surface area contributed by atoms with Gasteiger partial charge in [0.15, 0.2) is 0 Å². The zero-order chi connectivity index (χ0) is 10.4. The molecule has 0 aliphatic carbocycles. The maximum atomic E-state index is 9.26. The predicted molar refractivity (Wildman–Crippen MR) is 58.8 cm³/mol. The monoisotopic (exact) mass is 185 g/mol. The van der Waals surface area contributed by atoms with Gasteiger partial charge in [0.1, 0.15) is 0 Å². The SMILES string of the molecule is C=CCC(C#N)(CC)c1ccccc1. The van der Waals surface area contributed by atoms with Crippen LogP contribution in [-0.2, 0) is 5.41 Å². The topological polar surface area (TPSA) is 23.8 Å². The molecular formula is C13H15N. The van der Waals surface area contributed by atoms with Crippen molar-refractivity contribution in [2.45, 2.75) is 25.2 Å². The maximum absolute atomic E-state index is 9.26. The predicted octanol–water partition coefficient (Wildman–Crippen LogP) is 3.43. The van der Waals surface area contributed by atoms with Gasteiger partial charge in [-0.15, -0.1) is 6.58 Å². The highest BCUT2D eigenvalue weighted by molar-refractivity contribution is 5.32. The number of benzene rings is 1. The van der Waals surface area contributed by atoms with Crippen LogP contribution in [-0.4, -0.2) is 0 Å². The van der Waals surface area contributed by atoms with Crippen LogP contribution in [0.4, 0.5) is 0 Å². The number of nitriles is 1. The van der Waals surface area contributed by atoms with Gasteiger partial charge in [0, 0.05) is 0 Å². The molecule has 0 aromatic heterocycles.